The van der Waals surface area contributed by atoms with E-state index in [4.69, 9.17) is 18.9 Å². The summed E-state index contributed by atoms with van der Waals surface area (Å²) in [7, 11) is 2.43. The Balaban J connectivity index is 1.66. The summed E-state index contributed by atoms with van der Waals surface area (Å²) in [5.41, 5.74) is -4.15. The normalized spacial score (nSPS) is 12.8. The molecule has 0 radical (unpaired) electrons. The van der Waals surface area contributed by atoms with E-state index in [1.807, 2.05) is 0 Å². The van der Waals surface area contributed by atoms with Gasteiger partial charge in [-0.05, 0) is 54.1 Å². The molecule has 2 unspecified atom stereocenters. The molecule has 18 heteroatoms. The second kappa shape index (κ2) is 16.7. The Hall–Kier alpha value is -6.04. The number of ether oxygens (including phenoxy) is 4. The van der Waals surface area contributed by atoms with Crippen LogP contribution >= 0.6 is 11.3 Å². The summed E-state index contributed by atoms with van der Waals surface area (Å²) in [5, 5.41) is 13.8. The van der Waals surface area contributed by atoms with Gasteiger partial charge in [0, 0.05) is 30.6 Å². The first kappa shape index (κ1) is 40.7. The van der Waals surface area contributed by atoms with Gasteiger partial charge in [-0.1, -0.05) is 43.3 Å². The number of alkyl halides is 3. The highest BCUT2D eigenvalue weighted by Gasteiger charge is 2.53. The summed E-state index contributed by atoms with van der Waals surface area (Å²) in [4.78, 5) is 65.2. The van der Waals surface area contributed by atoms with Crippen LogP contribution in [0.3, 0.4) is 0 Å². The van der Waals surface area contributed by atoms with Crippen molar-refractivity contribution in [1.82, 2.24) is 4.90 Å². The van der Waals surface area contributed by atoms with Gasteiger partial charge in [0.25, 0.3) is 5.91 Å². The topological polar surface area (TPSA) is 158 Å². The number of nitrogens with one attached hydrogen (secondary N) is 1. The molecule has 286 valence electrons. The van der Waals surface area contributed by atoms with Crippen LogP contribution in [-0.4, -0.2) is 66.9 Å². The Bertz CT molecular complexity index is 2040. The van der Waals surface area contributed by atoms with Crippen LogP contribution < -0.4 is 14.8 Å². The summed E-state index contributed by atoms with van der Waals surface area (Å²) in [6.45, 7) is 1.95. The zero-order chi connectivity index (χ0) is 40.0. The summed E-state index contributed by atoms with van der Waals surface area (Å²) in [5.74, 6) is -10.2. The van der Waals surface area contributed by atoms with E-state index in [0.29, 0.717) is 12.5 Å². The van der Waals surface area contributed by atoms with Crippen LogP contribution in [0.1, 0.15) is 41.1 Å². The number of nitrogens with zero attached hydrogens (tertiary/aromatic N) is 1. The second-order valence-corrected chi connectivity index (χ2v) is 12.6. The third-order valence-corrected chi connectivity index (χ3v) is 8.79. The summed E-state index contributed by atoms with van der Waals surface area (Å²) in [6, 6.07) is 12.6. The molecule has 0 aliphatic rings. The minimum atomic E-state index is -4.62. The third-order valence-electron chi connectivity index (χ3n) is 7.76. The number of hydrogen-bond acceptors (Lipinski definition) is 10. The molecule has 2 amide bonds. The molecular weight excluding hydrogens is 747 g/mol. The lowest BCUT2D eigenvalue weighted by atomic mass is 9.87. The molecule has 1 heterocycles. The highest BCUT2D eigenvalue weighted by atomic mass is 32.1. The van der Waals surface area contributed by atoms with Gasteiger partial charge in [0.05, 0.1) is 17.4 Å². The number of carboxylic acid groups (broad SMARTS) is 1. The fourth-order valence-electron chi connectivity index (χ4n) is 4.66. The number of esters is 1. The molecule has 2 atom stereocenters. The summed E-state index contributed by atoms with van der Waals surface area (Å²) >= 11 is 0.836. The highest BCUT2D eigenvalue weighted by molar-refractivity contribution is 7.10. The number of aliphatic carboxylic acids is 1. The smallest absolute Gasteiger partial charge is 0.480 e. The molecule has 4 rings (SSSR count). The quantitative estimate of drug-likeness (QED) is 0.0627. The molecule has 1 aromatic heterocycles. The number of rotatable bonds is 12. The monoisotopic (exact) mass is 778 g/mol. The zero-order valence-corrected chi connectivity index (χ0v) is 29.6. The van der Waals surface area contributed by atoms with Gasteiger partial charge < -0.3 is 34.3 Å². The molecule has 0 fully saturated rings. The summed E-state index contributed by atoms with van der Waals surface area (Å²) in [6.07, 6.45) is -8.14. The largest absolute Gasteiger partial charge is 0.514 e. The van der Waals surface area contributed by atoms with Crippen LogP contribution in [0.15, 0.2) is 72.1 Å². The van der Waals surface area contributed by atoms with Crippen LogP contribution in [0.5, 0.6) is 11.5 Å². The Labute approximate surface area is 308 Å². The maximum atomic E-state index is 16.0. The third kappa shape index (κ3) is 8.94. The van der Waals surface area contributed by atoms with Crippen LogP contribution in [0, 0.1) is 11.6 Å². The van der Waals surface area contributed by atoms with Gasteiger partial charge in [0.1, 0.15) is 6.61 Å². The number of thiophene rings is 1. The maximum Gasteiger partial charge on any atom is 0.514 e. The van der Waals surface area contributed by atoms with Crippen molar-refractivity contribution in [3.63, 3.8) is 0 Å². The van der Waals surface area contributed by atoms with Gasteiger partial charge in [0.2, 0.25) is 17.0 Å². The van der Waals surface area contributed by atoms with Crippen molar-refractivity contribution in [2.24, 2.45) is 0 Å². The molecule has 3 aromatic carbocycles. The van der Waals surface area contributed by atoms with Crippen LogP contribution in [-0.2, 0) is 30.7 Å². The van der Waals surface area contributed by atoms with E-state index < -0.39 is 88.8 Å². The lowest BCUT2D eigenvalue weighted by Gasteiger charge is -2.27. The lowest BCUT2D eigenvalue weighted by molar-refractivity contribution is -0.167. The number of hydrogen-bond donors (Lipinski definition) is 2. The van der Waals surface area contributed by atoms with E-state index in [-0.39, 0.29) is 21.6 Å². The van der Waals surface area contributed by atoms with Crippen LogP contribution in [0.4, 0.5) is 37.2 Å². The van der Waals surface area contributed by atoms with Crippen molar-refractivity contribution in [3.05, 3.63) is 99.7 Å². The molecule has 2 N–H and O–H groups in total. The van der Waals surface area contributed by atoms with Crippen LogP contribution in [0.2, 0.25) is 0 Å². The van der Waals surface area contributed by atoms with Gasteiger partial charge >= 0.3 is 30.4 Å². The van der Waals surface area contributed by atoms with Crippen LogP contribution in [0.25, 0.3) is 11.1 Å². The van der Waals surface area contributed by atoms with E-state index in [9.17, 15) is 42.3 Å². The van der Waals surface area contributed by atoms with Crippen molar-refractivity contribution >= 4 is 47.1 Å². The standard InChI is InChI=1S/C36H31F5N2O10S/c1-5-19(2)51-32(47)35(31(45)46,26-11-8-16-54-26)18-50-34(49)53-28-24(37)17-25(29(27(28)38)52-33(48)43(3)4)42-30(44)23-10-7-6-9-22(23)20-12-14-21(15-13-20)36(39,40)41/h6-17,19H,5,18H2,1-4H3,(H,42,44)(H,45,46). The molecule has 54 heavy (non-hydrogen) atoms. The molecule has 0 bridgehead atoms. The number of anilines is 1. The van der Waals surface area contributed by atoms with Gasteiger partial charge in [-0.2, -0.15) is 17.6 Å². The van der Waals surface area contributed by atoms with Gasteiger partial charge in [-0.3, -0.25) is 14.4 Å². The molecule has 0 spiro atoms. The number of carbonyl (C=O) groups excluding carboxylic acids is 4. The van der Waals surface area contributed by atoms with E-state index >= 15 is 8.78 Å². The number of amides is 2. The van der Waals surface area contributed by atoms with Gasteiger partial charge in [-0.25, -0.2) is 14.0 Å². The van der Waals surface area contributed by atoms with Crippen molar-refractivity contribution in [2.45, 2.75) is 38.0 Å². The number of carboxylic acids is 1. The van der Waals surface area contributed by atoms with E-state index in [0.717, 1.165) is 40.5 Å². The molecule has 4 aromatic rings. The average molecular weight is 779 g/mol. The summed E-state index contributed by atoms with van der Waals surface area (Å²) < 4.78 is 90.8. The molecule has 0 aliphatic heterocycles. The average Bonchev–Trinajstić information content (AvgIpc) is 3.66. The zero-order valence-electron chi connectivity index (χ0n) is 28.8. The fourth-order valence-corrected chi connectivity index (χ4v) is 5.55. The predicted octanol–water partition coefficient (Wildman–Crippen LogP) is 7.90. The van der Waals surface area contributed by atoms with Crippen molar-refractivity contribution in [3.8, 4) is 22.6 Å². The van der Waals surface area contributed by atoms with Crippen molar-refractivity contribution < 1.29 is 70.0 Å². The number of benzene rings is 3. The molecular formula is C36H31F5N2O10S. The van der Waals surface area contributed by atoms with Gasteiger partial charge in [-0.15, -0.1) is 11.3 Å². The first-order chi connectivity index (χ1) is 25.4. The first-order valence-electron chi connectivity index (χ1n) is 15.7. The van der Waals surface area contributed by atoms with E-state index in [1.54, 1.807) is 6.92 Å². The maximum absolute atomic E-state index is 16.0. The van der Waals surface area contributed by atoms with Gasteiger partial charge in [0.15, 0.2) is 11.6 Å². The fraction of sp³-hybridized carbons (Fsp3) is 0.250. The Morgan fingerprint density at radius 3 is 2.17 bits per heavy atom. The Morgan fingerprint density at radius 2 is 1.59 bits per heavy atom. The number of carbonyl (C=O) groups is 5. The molecule has 0 saturated heterocycles. The lowest BCUT2D eigenvalue weighted by Crippen LogP contribution is -2.49. The Kier molecular flexibility index (Phi) is 12.6. The Morgan fingerprint density at radius 1 is 0.926 bits per heavy atom. The second-order valence-electron chi connectivity index (χ2n) is 11.7. The number of halogens is 5. The van der Waals surface area contributed by atoms with E-state index in [2.05, 4.69) is 5.32 Å². The predicted molar refractivity (Wildman–Crippen MR) is 182 cm³/mol. The SMILES string of the molecule is CCC(C)OC(=O)C(COC(=O)Oc1c(F)cc(NC(=O)c2ccccc2-c2ccc(C(F)(F)F)cc2)c(OC(=O)N(C)C)c1F)(C(=O)O)c1cccs1. The first-order valence-corrected chi connectivity index (χ1v) is 16.6. The molecule has 0 saturated carbocycles. The molecule has 12 nitrogen and oxygen atoms in total. The molecule has 0 aliphatic carbocycles. The van der Waals surface area contributed by atoms with Crippen molar-refractivity contribution in [2.75, 3.05) is 26.0 Å². The minimum Gasteiger partial charge on any atom is -0.480 e. The van der Waals surface area contributed by atoms with Crippen molar-refractivity contribution in [1.29, 1.82) is 0 Å². The minimum absolute atomic E-state index is 0.0914. The van der Waals surface area contributed by atoms with E-state index in [1.165, 1.54) is 62.8 Å². The highest BCUT2D eigenvalue weighted by Crippen LogP contribution is 2.39.